The van der Waals surface area contributed by atoms with E-state index in [2.05, 4.69) is 118 Å². The van der Waals surface area contributed by atoms with Gasteiger partial charge in [0.25, 0.3) is 0 Å². The first-order valence-electron chi connectivity index (χ1n) is 34.2. The Labute approximate surface area is 496 Å². The standard InChI is InChI=1S/C74H128O6/c1-4-7-10-13-16-19-22-25-28-31-33-35-37-39-40-43-46-49-52-55-58-61-64-67-73(76)79-70-71(69-78-72(75)66-63-60-57-54-51-48-45-42-30-27-24-21-18-15-12-9-6-3)80-74(77)68-65-62-59-56-53-50-47-44-41-38-36-34-32-29-26-23-20-17-14-11-8-5-2/h9,12,18,21-22,25,27,30-31,33,37,39,45,48,54,57,71H,4-8,10-11,13-17,19-20,23-24,26,28-29,32,34-36,38,40-44,46-47,49-53,55-56,58-70H2,1-3H3/b12-9-,21-18-,25-22-,30-27-,33-31-,39-37-,48-45-,57-54-. The molecule has 0 rings (SSSR count). The summed E-state index contributed by atoms with van der Waals surface area (Å²) in [6, 6.07) is 0. The minimum atomic E-state index is -0.805. The van der Waals surface area contributed by atoms with Crippen molar-refractivity contribution in [1.82, 2.24) is 0 Å². The van der Waals surface area contributed by atoms with Crippen LogP contribution in [-0.2, 0) is 28.6 Å². The van der Waals surface area contributed by atoms with Gasteiger partial charge in [-0.25, -0.2) is 0 Å². The Morgan fingerprint density at radius 3 is 0.812 bits per heavy atom. The molecule has 6 heteroatoms. The number of hydrogen-bond acceptors (Lipinski definition) is 6. The molecule has 0 saturated carbocycles. The topological polar surface area (TPSA) is 78.9 Å². The number of carbonyl (C=O) groups excluding carboxylic acids is 3. The van der Waals surface area contributed by atoms with Gasteiger partial charge in [0.05, 0.1) is 0 Å². The fourth-order valence-corrected chi connectivity index (χ4v) is 9.72. The van der Waals surface area contributed by atoms with Crippen LogP contribution in [0.1, 0.15) is 335 Å². The van der Waals surface area contributed by atoms with Crippen LogP contribution in [0.3, 0.4) is 0 Å². The maximum atomic E-state index is 13.0. The number of unbranched alkanes of at least 4 members (excludes halogenated alkanes) is 35. The molecular formula is C74H128O6. The van der Waals surface area contributed by atoms with E-state index < -0.39 is 6.10 Å². The van der Waals surface area contributed by atoms with Crippen LogP contribution in [0.2, 0.25) is 0 Å². The third kappa shape index (κ3) is 65.1. The fourth-order valence-electron chi connectivity index (χ4n) is 9.72. The van der Waals surface area contributed by atoms with E-state index in [1.165, 1.54) is 193 Å². The second-order valence-electron chi connectivity index (χ2n) is 22.7. The molecule has 1 atom stereocenters. The lowest BCUT2D eigenvalue weighted by Crippen LogP contribution is -2.30. The van der Waals surface area contributed by atoms with E-state index in [1.807, 2.05) is 0 Å². The average Bonchev–Trinajstić information content (AvgIpc) is 3.46. The summed E-state index contributed by atoms with van der Waals surface area (Å²) in [7, 11) is 0. The molecular weight excluding hydrogens is 985 g/mol. The highest BCUT2D eigenvalue weighted by atomic mass is 16.6. The van der Waals surface area contributed by atoms with E-state index in [4.69, 9.17) is 14.2 Å². The number of rotatable bonds is 62. The largest absolute Gasteiger partial charge is 0.462 e. The number of allylic oxidation sites excluding steroid dienone is 16. The quantitative estimate of drug-likeness (QED) is 0.0261. The van der Waals surface area contributed by atoms with Gasteiger partial charge in [-0.15, -0.1) is 0 Å². The Bertz CT molecular complexity index is 1560. The zero-order chi connectivity index (χ0) is 57.8. The van der Waals surface area contributed by atoms with Crippen LogP contribution in [0.25, 0.3) is 0 Å². The van der Waals surface area contributed by atoms with E-state index in [0.717, 1.165) is 96.3 Å². The first kappa shape index (κ1) is 76.3. The molecule has 6 nitrogen and oxygen atoms in total. The highest BCUT2D eigenvalue weighted by molar-refractivity contribution is 5.71. The summed E-state index contributed by atoms with van der Waals surface area (Å²) in [6.45, 7) is 6.51. The molecule has 0 spiro atoms. The molecule has 0 radical (unpaired) electrons. The summed E-state index contributed by atoms with van der Waals surface area (Å²) in [5.74, 6) is -0.949. The molecule has 0 amide bonds. The summed E-state index contributed by atoms with van der Waals surface area (Å²) in [4.78, 5) is 38.4. The Morgan fingerprint density at radius 2 is 0.500 bits per heavy atom. The van der Waals surface area contributed by atoms with E-state index in [-0.39, 0.29) is 37.5 Å². The fraction of sp³-hybridized carbons (Fsp3) is 0.743. The Morgan fingerprint density at radius 1 is 0.263 bits per heavy atom. The zero-order valence-electron chi connectivity index (χ0n) is 52.8. The van der Waals surface area contributed by atoms with Crippen molar-refractivity contribution in [1.29, 1.82) is 0 Å². The molecule has 0 saturated heterocycles. The molecule has 0 aliphatic rings. The lowest BCUT2D eigenvalue weighted by Gasteiger charge is -2.18. The summed E-state index contributed by atoms with van der Waals surface area (Å²) in [6.07, 6.45) is 91.4. The SMILES string of the molecule is CC/C=C\C/C=C\C/C=C\C/C=C\C/C=C\CCCC(=O)OCC(COC(=O)CCCCCCCCCC/C=C\C/C=C\C/C=C\CCCCCCC)OC(=O)CCCCCCCCCCCCCCCCCCCCCCCC. The Kier molecular flexibility index (Phi) is 64.7. The lowest BCUT2D eigenvalue weighted by molar-refractivity contribution is -0.167. The van der Waals surface area contributed by atoms with Crippen molar-refractivity contribution in [3.63, 3.8) is 0 Å². The van der Waals surface area contributed by atoms with Crippen molar-refractivity contribution in [2.75, 3.05) is 13.2 Å². The van der Waals surface area contributed by atoms with Crippen molar-refractivity contribution in [3.05, 3.63) is 97.2 Å². The van der Waals surface area contributed by atoms with Crippen molar-refractivity contribution >= 4 is 17.9 Å². The Balaban J connectivity index is 4.42. The van der Waals surface area contributed by atoms with Gasteiger partial charge in [-0.1, -0.05) is 317 Å². The number of carbonyl (C=O) groups is 3. The number of hydrogen-bond donors (Lipinski definition) is 0. The summed E-state index contributed by atoms with van der Waals surface area (Å²) in [5.41, 5.74) is 0. The molecule has 0 aromatic rings. The van der Waals surface area contributed by atoms with Crippen molar-refractivity contribution < 1.29 is 28.6 Å². The van der Waals surface area contributed by atoms with Crippen LogP contribution in [0.4, 0.5) is 0 Å². The van der Waals surface area contributed by atoms with Crippen LogP contribution >= 0.6 is 0 Å². The van der Waals surface area contributed by atoms with Crippen LogP contribution in [0.15, 0.2) is 97.2 Å². The molecule has 0 bridgehead atoms. The highest BCUT2D eigenvalue weighted by Crippen LogP contribution is 2.17. The third-order valence-corrected chi connectivity index (χ3v) is 14.8. The molecule has 0 aromatic heterocycles. The second kappa shape index (κ2) is 67.8. The smallest absolute Gasteiger partial charge is 0.306 e. The molecule has 0 aliphatic heterocycles. The molecule has 1 unspecified atom stereocenters. The Hall–Kier alpha value is -3.67. The second-order valence-corrected chi connectivity index (χ2v) is 22.7. The molecule has 0 aliphatic carbocycles. The highest BCUT2D eigenvalue weighted by Gasteiger charge is 2.19. The van der Waals surface area contributed by atoms with Crippen molar-refractivity contribution in [2.24, 2.45) is 0 Å². The van der Waals surface area contributed by atoms with Gasteiger partial charge >= 0.3 is 17.9 Å². The van der Waals surface area contributed by atoms with Gasteiger partial charge in [0, 0.05) is 19.3 Å². The summed E-state index contributed by atoms with van der Waals surface area (Å²) >= 11 is 0. The predicted molar refractivity (Wildman–Crippen MR) is 348 cm³/mol. The van der Waals surface area contributed by atoms with Gasteiger partial charge in [-0.2, -0.15) is 0 Å². The zero-order valence-corrected chi connectivity index (χ0v) is 52.8. The van der Waals surface area contributed by atoms with E-state index in [9.17, 15) is 14.4 Å². The summed E-state index contributed by atoms with van der Waals surface area (Å²) < 4.78 is 16.9. The number of esters is 3. The first-order valence-corrected chi connectivity index (χ1v) is 34.2. The van der Waals surface area contributed by atoms with E-state index in [1.54, 1.807) is 0 Å². The minimum absolute atomic E-state index is 0.0971. The average molecular weight is 1110 g/mol. The van der Waals surface area contributed by atoms with Crippen LogP contribution < -0.4 is 0 Å². The number of ether oxygens (including phenoxy) is 3. The molecule has 0 heterocycles. The normalized spacial score (nSPS) is 12.7. The van der Waals surface area contributed by atoms with Crippen LogP contribution in [0.5, 0.6) is 0 Å². The minimum Gasteiger partial charge on any atom is -0.462 e. The lowest BCUT2D eigenvalue weighted by atomic mass is 10.0. The molecule has 460 valence electrons. The third-order valence-electron chi connectivity index (χ3n) is 14.8. The van der Waals surface area contributed by atoms with Crippen LogP contribution in [0, 0.1) is 0 Å². The van der Waals surface area contributed by atoms with Gasteiger partial charge < -0.3 is 14.2 Å². The van der Waals surface area contributed by atoms with Gasteiger partial charge in [-0.3, -0.25) is 14.4 Å². The monoisotopic (exact) mass is 1110 g/mol. The molecule has 80 heavy (non-hydrogen) atoms. The first-order chi connectivity index (χ1) is 39.5. The van der Waals surface area contributed by atoms with Crippen molar-refractivity contribution in [2.45, 2.75) is 341 Å². The van der Waals surface area contributed by atoms with Gasteiger partial charge in [0.15, 0.2) is 6.10 Å². The summed E-state index contributed by atoms with van der Waals surface area (Å²) in [5, 5.41) is 0. The van der Waals surface area contributed by atoms with Crippen LogP contribution in [-0.4, -0.2) is 37.2 Å². The predicted octanol–water partition coefficient (Wildman–Crippen LogP) is 23.6. The molecule has 0 fully saturated rings. The van der Waals surface area contributed by atoms with Crippen molar-refractivity contribution in [3.8, 4) is 0 Å². The molecule has 0 N–H and O–H groups in total. The maximum absolute atomic E-state index is 13.0. The van der Waals surface area contributed by atoms with E-state index >= 15 is 0 Å². The van der Waals surface area contributed by atoms with Gasteiger partial charge in [0.2, 0.25) is 0 Å². The van der Waals surface area contributed by atoms with E-state index in [0.29, 0.717) is 19.3 Å². The maximum Gasteiger partial charge on any atom is 0.306 e. The molecule has 0 aromatic carbocycles. The van der Waals surface area contributed by atoms with Gasteiger partial charge in [0.1, 0.15) is 13.2 Å². The van der Waals surface area contributed by atoms with Gasteiger partial charge in [-0.05, 0) is 96.3 Å².